The van der Waals surface area contributed by atoms with Crippen molar-refractivity contribution >= 4 is 17.7 Å². The molecule has 2 aromatic rings. The molecule has 2 aromatic carbocycles. The molecule has 1 amide bonds. The van der Waals surface area contributed by atoms with Gasteiger partial charge < -0.3 is 20.1 Å². The monoisotopic (exact) mass is 379 g/mol. The van der Waals surface area contributed by atoms with E-state index in [0.29, 0.717) is 5.56 Å². The third-order valence-electron chi connectivity index (χ3n) is 4.42. The van der Waals surface area contributed by atoms with Crippen molar-refractivity contribution in [2.45, 2.75) is 20.4 Å². The number of hydrogen-bond acceptors (Lipinski definition) is 5. The number of nitrogens with one attached hydrogen (secondary N) is 1. The number of rotatable bonds is 8. The van der Waals surface area contributed by atoms with Gasteiger partial charge >= 0.3 is 0 Å². The largest absolute Gasteiger partial charge is 0.507 e. The first-order chi connectivity index (χ1) is 13.5. The first kappa shape index (κ1) is 20.8. The second-order valence-corrected chi connectivity index (χ2v) is 6.12. The molecule has 0 aliphatic carbocycles. The zero-order chi connectivity index (χ0) is 20.5. The second-order valence-electron chi connectivity index (χ2n) is 6.12. The molecular weight excluding hydrogens is 354 g/mol. The van der Waals surface area contributed by atoms with Crippen molar-refractivity contribution in [3.63, 3.8) is 0 Å². The van der Waals surface area contributed by atoms with Crippen molar-refractivity contribution in [1.82, 2.24) is 5.32 Å². The van der Waals surface area contributed by atoms with Gasteiger partial charge in [0, 0.05) is 37.0 Å². The van der Waals surface area contributed by atoms with E-state index in [4.69, 9.17) is 4.74 Å². The predicted octanol–water partition coefficient (Wildman–Crippen LogP) is 3.47. The van der Waals surface area contributed by atoms with E-state index in [-0.39, 0.29) is 17.9 Å². The van der Waals surface area contributed by atoms with Gasteiger partial charge in [-0.1, -0.05) is 12.1 Å². The van der Waals surface area contributed by atoms with Crippen molar-refractivity contribution in [1.29, 1.82) is 5.26 Å². The summed E-state index contributed by atoms with van der Waals surface area (Å²) < 4.78 is 5.10. The Labute approximate surface area is 165 Å². The number of carbonyl (C=O) groups is 1. The Kier molecular flexibility index (Phi) is 7.46. The lowest BCUT2D eigenvalue weighted by Crippen LogP contribution is -2.24. The zero-order valence-electron chi connectivity index (χ0n) is 16.4. The molecule has 6 nitrogen and oxygen atoms in total. The number of aromatic hydroxyl groups is 1. The second kappa shape index (κ2) is 10.0. The fraction of sp³-hybridized carbons (Fsp3) is 0.273. The molecule has 0 radical (unpaired) electrons. The molecule has 0 saturated heterocycles. The number of methoxy groups -OCH3 is 1. The first-order valence-electron chi connectivity index (χ1n) is 9.13. The number of nitrogens with zero attached hydrogens (tertiary/aromatic N) is 2. The van der Waals surface area contributed by atoms with Crippen LogP contribution in [0.2, 0.25) is 0 Å². The highest BCUT2D eigenvalue weighted by Gasteiger charge is 2.11. The standard InChI is InChI=1S/C22H25N3O3/c1-4-25(5-2)19-9-8-17(21(26)13-19)12-18(14-23)22(27)24-15-16-6-10-20(28-3)11-7-16/h6-13,26H,4-5,15H2,1-3H3,(H,24,27)/b18-12-. The minimum absolute atomic E-state index is 0.0279. The van der Waals surface area contributed by atoms with Crippen molar-refractivity contribution in [2.75, 3.05) is 25.1 Å². The highest BCUT2D eigenvalue weighted by Crippen LogP contribution is 2.26. The Bertz CT molecular complexity index is 879. The maximum Gasteiger partial charge on any atom is 0.262 e. The van der Waals surface area contributed by atoms with Crippen molar-refractivity contribution in [3.05, 3.63) is 59.2 Å². The summed E-state index contributed by atoms with van der Waals surface area (Å²) in [6.07, 6.45) is 1.39. The van der Waals surface area contributed by atoms with Crippen LogP contribution in [-0.4, -0.2) is 31.2 Å². The Hall–Kier alpha value is -3.46. The molecule has 6 heteroatoms. The molecule has 0 spiro atoms. The van der Waals surface area contributed by atoms with Gasteiger partial charge in [0.25, 0.3) is 5.91 Å². The van der Waals surface area contributed by atoms with Crippen LogP contribution in [0.3, 0.4) is 0 Å². The van der Waals surface area contributed by atoms with Crippen molar-refractivity contribution in [2.24, 2.45) is 0 Å². The summed E-state index contributed by atoms with van der Waals surface area (Å²) in [5.74, 6) is 0.266. The molecule has 0 bridgehead atoms. The average molecular weight is 379 g/mol. The van der Waals surface area contributed by atoms with E-state index >= 15 is 0 Å². The van der Waals surface area contributed by atoms with Gasteiger partial charge in [-0.05, 0) is 49.8 Å². The number of benzene rings is 2. The quantitative estimate of drug-likeness (QED) is 0.542. The van der Waals surface area contributed by atoms with Gasteiger partial charge in [-0.15, -0.1) is 0 Å². The molecule has 0 atom stereocenters. The van der Waals surface area contributed by atoms with Crippen LogP contribution in [0.25, 0.3) is 6.08 Å². The van der Waals surface area contributed by atoms with Crippen LogP contribution in [0, 0.1) is 11.3 Å². The lowest BCUT2D eigenvalue weighted by atomic mass is 10.1. The van der Waals surface area contributed by atoms with Gasteiger partial charge in [0.2, 0.25) is 0 Å². The summed E-state index contributed by atoms with van der Waals surface area (Å²) in [5, 5.41) is 22.4. The molecule has 0 heterocycles. The smallest absolute Gasteiger partial charge is 0.262 e. The third-order valence-corrected chi connectivity index (χ3v) is 4.42. The molecule has 0 fully saturated rings. The molecule has 0 aliphatic rings. The van der Waals surface area contributed by atoms with Gasteiger partial charge in [0.05, 0.1) is 7.11 Å². The fourth-order valence-corrected chi connectivity index (χ4v) is 2.76. The van der Waals surface area contributed by atoms with Crippen LogP contribution in [0.4, 0.5) is 5.69 Å². The van der Waals surface area contributed by atoms with Gasteiger partial charge in [-0.25, -0.2) is 0 Å². The highest BCUT2D eigenvalue weighted by molar-refractivity contribution is 6.02. The van der Waals surface area contributed by atoms with E-state index in [2.05, 4.69) is 10.2 Å². The normalized spacial score (nSPS) is 10.9. The Morgan fingerprint density at radius 2 is 1.89 bits per heavy atom. The average Bonchev–Trinajstić information content (AvgIpc) is 2.72. The molecule has 2 rings (SSSR count). The van der Waals surface area contributed by atoms with E-state index < -0.39 is 5.91 Å². The van der Waals surface area contributed by atoms with Gasteiger partial charge in [0.15, 0.2) is 0 Å². The molecule has 2 N–H and O–H groups in total. The van der Waals surface area contributed by atoms with E-state index in [9.17, 15) is 15.2 Å². The van der Waals surface area contributed by atoms with Gasteiger partial charge in [0.1, 0.15) is 23.1 Å². The predicted molar refractivity (Wildman–Crippen MR) is 110 cm³/mol. The molecule has 28 heavy (non-hydrogen) atoms. The summed E-state index contributed by atoms with van der Waals surface area (Å²) in [4.78, 5) is 14.4. The molecule has 0 aliphatic heterocycles. The summed E-state index contributed by atoms with van der Waals surface area (Å²) in [7, 11) is 1.59. The summed E-state index contributed by atoms with van der Waals surface area (Å²) >= 11 is 0. The molecule has 0 saturated carbocycles. The van der Waals surface area contributed by atoms with Crippen molar-refractivity contribution in [3.8, 4) is 17.6 Å². The van der Waals surface area contributed by atoms with E-state index in [1.54, 1.807) is 31.4 Å². The summed E-state index contributed by atoms with van der Waals surface area (Å²) in [6, 6.07) is 14.4. The number of anilines is 1. The molecule has 0 aromatic heterocycles. The number of ether oxygens (including phenoxy) is 1. The minimum atomic E-state index is -0.495. The first-order valence-corrected chi connectivity index (χ1v) is 9.13. The lowest BCUT2D eigenvalue weighted by molar-refractivity contribution is -0.117. The number of hydrogen-bond donors (Lipinski definition) is 2. The Morgan fingerprint density at radius 3 is 2.43 bits per heavy atom. The maximum absolute atomic E-state index is 12.3. The minimum Gasteiger partial charge on any atom is -0.507 e. The lowest BCUT2D eigenvalue weighted by Gasteiger charge is -2.21. The summed E-state index contributed by atoms with van der Waals surface area (Å²) in [5.41, 5.74) is 2.13. The van der Waals surface area contributed by atoms with Crippen LogP contribution in [-0.2, 0) is 11.3 Å². The topological polar surface area (TPSA) is 85.6 Å². The van der Waals surface area contributed by atoms with Crippen molar-refractivity contribution < 1.29 is 14.6 Å². The Balaban J connectivity index is 2.11. The maximum atomic E-state index is 12.3. The fourth-order valence-electron chi connectivity index (χ4n) is 2.76. The van der Waals surface area contributed by atoms with Crippen LogP contribution in [0.15, 0.2) is 48.0 Å². The third kappa shape index (κ3) is 5.27. The van der Waals surface area contributed by atoms with Crippen LogP contribution < -0.4 is 15.0 Å². The van der Waals surface area contributed by atoms with E-state index in [1.165, 1.54) is 6.08 Å². The molecule has 0 unspecified atom stereocenters. The molecule has 146 valence electrons. The number of amides is 1. The number of nitriles is 1. The number of carbonyl (C=O) groups excluding carboxylic acids is 1. The van der Waals surface area contributed by atoms with Crippen LogP contribution in [0.5, 0.6) is 11.5 Å². The number of phenols is 1. The van der Waals surface area contributed by atoms with Crippen LogP contribution >= 0.6 is 0 Å². The zero-order valence-corrected chi connectivity index (χ0v) is 16.4. The highest BCUT2D eigenvalue weighted by atomic mass is 16.5. The van der Waals surface area contributed by atoms with Gasteiger partial charge in [-0.2, -0.15) is 5.26 Å². The van der Waals surface area contributed by atoms with Gasteiger partial charge in [-0.3, -0.25) is 4.79 Å². The van der Waals surface area contributed by atoms with Crippen LogP contribution in [0.1, 0.15) is 25.0 Å². The summed E-state index contributed by atoms with van der Waals surface area (Å²) in [6.45, 7) is 6.00. The SMILES string of the molecule is CCN(CC)c1ccc(/C=C(/C#N)C(=O)NCc2ccc(OC)cc2)c(O)c1. The Morgan fingerprint density at radius 1 is 1.21 bits per heavy atom. The van der Waals surface area contributed by atoms with E-state index in [0.717, 1.165) is 30.1 Å². The van der Waals surface area contributed by atoms with E-state index in [1.807, 2.05) is 38.1 Å². The molecular formula is C22H25N3O3. The number of phenolic OH excluding ortho intramolecular Hbond substituents is 1.